The van der Waals surface area contributed by atoms with E-state index in [9.17, 15) is 9.59 Å². The van der Waals surface area contributed by atoms with Crippen LogP contribution in [0.25, 0.3) is 0 Å². The molecule has 0 radical (unpaired) electrons. The average Bonchev–Trinajstić information content (AvgIpc) is 2.87. The van der Waals surface area contributed by atoms with E-state index in [0.29, 0.717) is 29.4 Å². The van der Waals surface area contributed by atoms with Crippen molar-refractivity contribution in [1.29, 1.82) is 0 Å². The molecule has 0 atom stereocenters. The van der Waals surface area contributed by atoms with Crippen LogP contribution in [-0.2, 0) is 6.54 Å². The molecular formula is C23H20ClN3O2S. The molecule has 4 rings (SSSR count). The Kier molecular flexibility index (Phi) is 5.97. The SMILES string of the molecule is CCN1C(=O)c2ccccc2Sc2ccc(NC(=O)NCc3ccc(Cl)cc3)cc21. The highest BCUT2D eigenvalue weighted by atomic mass is 35.5. The fourth-order valence-electron chi connectivity index (χ4n) is 3.27. The number of rotatable bonds is 4. The predicted molar refractivity (Wildman–Crippen MR) is 122 cm³/mol. The maximum Gasteiger partial charge on any atom is 0.319 e. The van der Waals surface area contributed by atoms with E-state index in [4.69, 9.17) is 11.6 Å². The van der Waals surface area contributed by atoms with Gasteiger partial charge in [-0.2, -0.15) is 0 Å². The molecule has 0 bridgehead atoms. The van der Waals surface area contributed by atoms with Gasteiger partial charge in [-0.25, -0.2) is 4.79 Å². The number of benzene rings is 3. The average molecular weight is 438 g/mol. The molecule has 1 aliphatic rings. The van der Waals surface area contributed by atoms with Crippen molar-refractivity contribution in [2.24, 2.45) is 0 Å². The lowest BCUT2D eigenvalue weighted by atomic mass is 10.1. The van der Waals surface area contributed by atoms with Crippen LogP contribution in [0.5, 0.6) is 0 Å². The van der Waals surface area contributed by atoms with Crippen molar-refractivity contribution in [1.82, 2.24) is 5.32 Å². The molecule has 1 aliphatic heterocycles. The minimum Gasteiger partial charge on any atom is -0.334 e. The molecule has 3 aromatic rings. The summed E-state index contributed by atoms with van der Waals surface area (Å²) in [7, 11) is 0. The maximum absolute atomic E-state index is 13.1. The standard InChI is InChI=1S/C23H20ClN3O2S/c1-2-27-19-13-17(26-23(29)25-14-15-7-9-16(24)10-8-15)11-12-21(19)30-20-6-4-3-5-18(20)22(27)28/h3-13H,2,14H2,1H3,(H2,25,26,29). The molecule has 0 saturated heterocycles. The number of anilines is 2. The van der Waals surface area contributed by atoms with Gasteiger partial charge in [-0.3, -0.25) is 4.79 Å². The fourth-order valence-corrected chi connectivity index (χ4v) is 4.46. The van der Waals surface area contributed by atoms with Gasteiger partial charge in [0.2, 0.25) is 0 Å². The number of fused-ring (bicyclic) bond motifs is 2. The van der Waals surface area contributed by atoms with Crippen molar-refractivity contribution >= 4 is 46.7 Å². The van der Waals surface area contributed by atoms with Crippen LogP contribution in [0.15, 0.2) is 76.5 Å². The highest BCUT2D eigenvalue weighted by Crippen LogP contribution is 2.42. The Labute approximate surface area is 184 Å². The normalized spacial score (nSPS) is 12.6. The minimum atomic E-state index is -0.316. The van der Waals surface area contributed by atoms with Crippen LogP contribution >= 0.6 is 23.4 Å². The van der Waals surface area contributed by atoms with E-state index in [1.54, 1.807) is 28.8 Å². The summed E-state index contributed by atoms with van der Waals surface area (Å²) in [4.78, 5) is 29.0. The van der Waals surface area contributed by atoms with E-state index in [-0.39, 0.29) is 11.9 Å². The molecule has 152 valence electrons. The van der Waals surface area contributed by atoms with Crippen molar-refractivity contribution in [2.75, 3.05) is 16.8 Å². The third-order valence-corrected chi connectivity index (χ3v) is 6.17. The van der Waals surface area contributed by atoms with E-state index in [2.05, 4.69) is 10.6 Å². The Morgan fingerprint density at radius 1 is 1.03 bits per heavy atom. The van der Waals surface area contributed by atoms with Gasteiger partial charge in [-0.05, 0) is 55.0 Å². The van der Waals surface area contributed by atoms with Crippen LogP contribution in [0.1, 0.15) is 22.8 Å². The molecule has 2 N–H and O–H groups in total. The summed E-state index contributed by atoms with van der Waals surface area (Å²) in [5.74, 6) is -0.0383. The highest BCUT2D eigenvalue weighted by molar-refractivity contribution is 7.99. The Morgan fingerprint density at radius 3 is 2.57 bits per heavy atom. The van der Waals surface area contributed by atoms with Crippen LogP contribution in [0.3, 0.4) is 0 Å². The smallest absolute Gasteiger partial charge is 0.319 e. The van der Waals surface area contributed by atoms with Crippen LogP contribution in [0.4, 0.5) is 16.2 Å². The van der Waals surface area contributed by atoms with Gasteiger partial charge in [0.25, 0.3) is 5.91 Å². The van der Waals surface area contributed by atoms with Gasteiger partial charge < -0.3 is 15.5 Å². The van der Waals surface area contributed by atoms with Crippen molar-refractivity contribution in [3.05, 3.63) is 82.9 Å². The van der Waals surface area contributed by atoms with Crippen molar-refractivity contribution < 1.29 is 9.59 Å². The summed E-state index contributed by atoms with van der Waals surface area (Å²) in [6, 6.07) is 20.2. The predicted octanol–water partition coefficient (Wildman–Crippen LogP) is 5.79. The minimum absolute atomic E-state index is 0.0383. The molecule has 0 spiro atoms. The molecule has 1 heterocycles. The zero-order chi connectivity index (χ0) is 21.1. The molecule has 0 unspecified atom stereocenters. The lowest BCUT2D eigenvalue weighted by Gasteiger charge is -2.22. The number of carbonyl (C=O) groups is 2. The van der Waals surface area contributed by atoms with Gasteiger partial charge in [0.1, 0.15) is 0 Å². The first kappa shape index (κ1) is 20.3. The molecule has 0 fully saturated rings. The Hall–Kier alpha value is -2.96. The number of carbonyl (C=O) groups excluding carboxylic acids is 2. The second-order valence-corrected chi connectivity index (χ2v) is 8.28. The lowest BCUT2D eigenvalue weighted by molar-refractivity contribution is 0.0985. The summed E-state index contributed by atoms with van der Waals surface area (Å²) in [6.07, 6.45) is 0. The van der Waals surface area contributed by atoms with E-state index >= 15 is 0 Å². The number of urea groups is 1. The highest BCUT2D eigenvalue weighted by Gasteiger charge is 2.26. The summed E-state index contributed by atoms with van der Waals surface area (Å²) in [5.41, 5.74) is 3.06. The van der Waals surface area contributed by atoms with E-state index in [1.807, 2.05) is 61.5 Å². The first-order chi connectivity index (χ1) is 14.5. The monoisotopic (exact) mass is 437 g/mol. The number of halogens is 1. The zero-order valence-corrected chi connectivity index (χ0v) is 17.9. The number of nitrogens with one attached hydrogen (secondary N) is 2. The number of hydrogen-bond donors (Lipinski definition) is 2. The Balaban J connectivity index is 1.52. The summed E-state index contributed by atoms with van der Waals surface area (Å²) in [5, 5.41) is 6.34. The molecule has 5 nitrogen and oxygen atoms in total. The molecule has 7 heteroatoms. The van der Waals surface area contributed by atoms with Crippen molar-refractivity contribution in [3.63, 3.8) is 0 Å². The largest absolute Gasteiger partial charge is 0.334 e. The molecular weight excluding hydrogens is 418 g/mol. The van der Waals surface area contributed by atoms with Gasteiger partial charge in [-0.1, -0.05) is 47.6 Å². The summed E-state index contributed by atoms with van der Waals surface area (Å²) in [6.45, 7) is 2.87. The van der Waals surface area contributed by atoms with Gasteiger partial charge >= 0.3 is 6.03 Å². The van der Waals surface area contributed by atoms with Crippen molar-refractivity contribution in [3.8, 4) is 0 Å². The first-order valence-electron chi connectivity index (χ1n) is 9.57. The Bertz CT molecular complexity index is 1100. The number of hydrogen-bond acceptors (Lipinski definition) is 3. The topological polar surface area (TPSA) is 61.4 Å². The maximum atomic E-state index is 13.1. The van der Waals surface area contributed by atoms with E-state index in [1.165, 1.54) is 0 Å². The van der Waals surface area contributed by atoms with Gasteiger partial charge in [0.15, 0.2) is 0 Å². The quantitative estimate of drug-likeness (QED) is 0.542. The molecule has 3 aromatic carbocycles. The number of nitrogens with zero attached hydrogens (tertiary/aromatic N) is 1. The molecule has 30 heavy (non-hydrogen) atoms. The third kappa shape index (κ3) is 4.30. The summed E-state index contributed by atoms with van der Waals surface area (Å²) >= 11 is 7.45. The Morgan fingerprint density at radius 2 is 1.80 bits per heavy atom. The molecule has 3 amide bonds. The first-order valence-corrected chi connectivity index (χ1v) is 10.8. The second-order valence-electron chi connectivity index (χ2n) is 6.76. The molecule has 0 saturated carbocycles. The van der Waals surface area contributed by atoms with Crippen LogP contribution < -0.4 is 15.5 Å². The van der Waals surface area contributed by atoms with Gasteiger partial charge in [-0.15, -0.1) is 0 Å². The summed E-state index contributed by atoms with van der Waals surface area (Å²) < 4.78 is 0. The van der Waals surface area contributed by atoms with Crippen molar-refractivity contribution in [2.45, 2.75) is 23.3 Å². The van der Waals surface area contributed by atoms with Crippen LogP contribution in [0.2, 0.25) is 5.02 Å². The lowest BCUT2D eigenvalue weighted by Crippen LogP contribution is -2.31. The third-order valence-electron chi connectivity index (χ3n) is 4.77. The molecule has 0 aliphatic carbocycles. The fraction of sp³-hybridized carbons (Fsp3) is 0.130. The second kappa shape index (κ2) is 8.81. The zero-order valence-electron chi connectivity index (χ0n) is 16.3. The molecule has 0 aromatic heterocycles. The van der Waals surface area contributed by atoms with Crippen LogP contribution in [0, 0.1) is 0 Å². The van der Waals surface area contributed by atoms with Gasteiger partial charge in [0, 0.05) is 33.6 Å². The van der Waals surface area contributed by atoms with E-state index in [0.717, 1.165) is 21.0 Å². The van der Waals surface area contributed by atoms with Crippen LogP contribution in [-0.4, -0.2) is 18.5 Å². The number of amides is 3. The van der Waals surface area contributed by atoms with E-state index < -0.39 is 0 Å². The van der Waals surface area contributed by atoms with Gasteiger partial charge in [0.05, 0.1) is 11.3 Å².